The van der Waals surface area contributed by atoms with E-state index in [0.29, 0.717) is 17.3 Å². The summed E-state index contributed by atoms with van der Waals surface area (Å²) in [5.74, 6) is 1.43. The molecule has 0 radical (unpaired) electrons. The van der Waals surface area contributed by atoms with Gasteiger partial charge in [-0.05, 0) is 46.0 Å². The fourth-order valence-electron chi connectivity index (χ4n) is 3.59. The number of methoxy groups -OCH3 is 2. The van der Waals surface area contributed by atoms with Gasteiger partial charge in [-0.1, -0.05) is 48.5 Å². The molecule has 3 aromatic rings. The molecule has 0 saturated heterocycles. The smallest absolute Gasteiger partial charge is 0.250 e. The molecule has 1 aliphatic rings. The Morgan fingerprint density at radius 1 is 0.967 bits per heavy atom. The second-order valence-corrected chi connectivity index (χ2v) is 7.87. The van der Waals surface area contributed by atoms with Crippen molar-refractivity contribution in [2.24, 2.45) is 5.10 Å². The van der Waals surface area contributed by atoms with Gasteiger partial charge >= 0.3 is 0 Å². The Morgan fingerprint density at radius 3 is 2.23 bits per heavy atom. The second kappa shape index (κ2) is 9.05. The van der Waals surface area contributed by atoms with E-state index in [9.17, 15) is 4.79 Å². The van der Waals surface area contributed by atoms with Gasteiger partial charge in [-0.25, -0.2) is 5.43 Å². The lowest BCUT2D eigenvalue weighted by Crippen LogP contribution is -2.20. The number of rotatable bonds is 7. The van der Waals surface area contributed by atoms with Crippen molar-refractivity contribution in [2.45, 2.75) is 5.25 Å². The molecule has 0 atom stereocenters. The van der Waals surface area contributed by atoms with E-state index in [1.165, 1.54) is 22.3 Å². The van der Waals surface area contributed by atoms with E-state index in [1.54, 1.807) is 44.3 Å². The number of hydrogen-bond donors (Lipinski definition) is 1. The van der Waals surface area contributed by atoms with Crippen molar-refractivity contribution in [2.75, 3.05) is 20.0 Å². The van der Waals surface area contributed by atoms with Gasteiger partial charge in [0.15, 0.2) is 11.5 Å². The molecule has 152 valence electrons. The van der Waals surface area contributed by atoms with Gasteiger partial charge in [-0.2, -0.15) is 5.10 Å². The number of amides is 1. The summed E-state index contributed by atoms with van der Waals surface area (Å²) in [4.78, 5) is 12.3. The van der Waals surface area contributed by atoms with E-state index in [1.807, 2.05) is 18.2 Å². The van der Waals surface area contributed by atoms with Crippen molar-refractivity contribution in [3.63, 3.8) is 0 Å². The number of nitrogens with zero attached hydrogens (tertiary/aromatic N) is 1. The number of carbonyl (C=O) groups excluding carboxylic acids is 1. The number of thioether (sulfide) groups is 1. The maximum absolute atomic E-state index is 12.3. The highest BCUT2D eigenvalue weighted by atomic mass is 32.2. The normalized spacial score (nSPS) is 12.5. The molecule has 1 N–H and O–H groups in total. The molecule has 1 aliphatic carbocycles. The molecule has 0 aliphatic heterocycles. The zero-order valence-corrected chi connectivity index (χ0v) is 17.6. The summed E-state index contributed by atoms with van der Waals surface area (Å²) in [7, 11) is 3.17. The maximum Gasteiger partial charge on any atom is 0.250 e. The zero-order valence-electron chi connectivity index (χ0n) is 16.8. The molecule has 0 bridgehead atoms. The van der Waals surface area contributed by atoms with Crippen LogP contribution in [0.4, 0.5) is 0 Å². The summed E-state index contributed by atoms with van der Waals surface area (Å²) < 4.78 is 10.5. The Labute approximate surface area is 180 Å². The molecule has 0 saturated carbocycles. The van der Waals surface area contributed by atoms with E-state index in [2.05, 4.69) is 46.9 Å². The van der Waals surface area contributed by atoms with Crippen LogP contribution in [0.25, 0.3) is 11.1 Å². The van der Waals surface area contributed by atoms with Gasteiger partial charge in [0, 0.05) is 0 Å². The van der Waals surface area contributed by atoms with Gasteiger partial charge in [0.1, 0.15) is 0 Å². The average molecular weight is 419 g/mol. The van der Waals surface area contributed by atoms with Gasteiger partial charge in [-0.3, -0.25) is 4.79 Å². The Kier molecular flexibility index (Phi) is 6.05. The van der Waals surface area contributed by atoms with Crippen LogP contribution in [0.1, 0.15) is 21.9 Å². The first-order valence-corrected chi connectivity index (χ1v) is 10.6. The summed E-state index contributed by atoms with van der Waals surface area (Å²) in [5.41, 5.74) is 8.42. The summed E-state index contributed by atoms with van der Waals surface area (Å²) in [6.07, 6.45) is 1.59. The molecular formula is C24H22N2O3S. The quantitative estimate of drug-likeness (QED) is 0.448. The second-order valence-electron chi connectivity index (χ2n) is 6.77. The van der Waals surface area contributed by atoms with Crippen molar-refractivity contribution in [1.82, 2.24) is 5.43 Å². The molecular weight excluding hydrogens is 396 g/mol. The van der Waals surface area contributed by atoms with Crippen LogP contribution >= 0.6 is 11.8 Å². The minimum atomic E-state index is -0.140. The molecule has 6 heteroatoms. The molecule has 0 unspecified atom stereocenters. The van der Waals surface area contributed by atoms with Gasteiger partial charge < -0.3 is 9.47 Å². The predicted octanol–water partition coefficient (Wildman–Crippen LogP) is 4.66. The van der Waals surface area contributed by atoms with E-state index in [4.69, 9.17) is 9.47 Å². The van der Waals surface area contributed by atoms with Crippen molar-refractivity contribution >= 4 is 23.9 Å². The number of carbonyl (C=O) groups is 1. The van der Waals surface area contributed by atoms with Gasteiger partial charge in [0.2, 0.25) is 5.91 Å². The fourth-order valence-corrected chi connectivity index (χ4v) is 4.74. The highest BCUT2D eigenvalue weighted by Crippen LogP contribution is 2.49. The van der Waals surface area contributed by atoms with E-state index < -0.39 is 0 Å². The minimum Gasteiger partial charge on any atom is -0.493 e. The highest BCUT2D eigenvalue weighted by Gasteiger charge is 2.28. The SMILES string of the molecule is COc1ccc(C=NNC(=O)CSC2c3ccccc3-c3ccccc32)cc1OC. The molecule has 30 heavy (non-hydrogen) atoms. The topological polar surface area (TPSA) is 59.9 Å². The first kappa shape index (κ1) is 20.0. The van der Waals surface area contributed by atoms with Crippen LogP contribution in [0.3, 0.4) is 0 Å². The summed E-state index contributed by atoms with van der Waals surface area (Å²) in [5, 5.41) is 4.22. The average Bonchev–Trinajstić information content (AvgIpc) is 3.11. The summed E-state index contributed by atoms with van der Waals surface area (Å²) in [6.45, 7) is 0. The molecule has 4 rings (SSSR count). The van der Waals surface area contributed by atoms with E-state index in [0.717, 1.165) is 5.56 Å². The molecule has 0 fully saturated rings. The molecule has 0 aromatic heterocycles. The third kappa shape index (κ3) is 4.04. The molecule has 0 heterocycles. The third-order valence-electron chi connectivity index (χ3n) is 4.97. The standard InChI is InChI=1S/C24H22N2O3S/c1-28-21-12-11-16(13-22(21)29-2)14-25-26-23(27)15-30-24-19-9-5-3-7-17(19)18-8-4-6-10-20(18)24/h3-14,24H,15H2,1-2H3,(H,26,27). The van der Waals surface area contributed by atoms with E-state index in [-0.39, 0.29) is 11.2 Å². The van der Waals surface area contributed by atoms with Crippen molar-refractivity contribution in [3.05, 3.63) is 83.4 Å². The molecule has 1 amide bonds. The Balaban J connectivity index is 1.38. The van der Waals surface area contributed by atoms with Crippen LogP contribution in [0.2, 0.25) is 0 Å². The number of hydrogen-bond acceptors (Lipinski definition) is 5. The lowest BCUT2D eigenvalue weighted by atomic mass is 10.1. The highest BCUT2D eigenvalue weighted by molar-refractivity contribution is 8.00. The summed E-state index contributed by atoms with van der Waals surface area (Å²) in [6, 6.07) is 22.2. The Hall–Kier alpha value is -3.25. The van der Waals surface area contributed by atoms with Crippen LogP contribution in [-0.2, 0) is 4.79 Å². The molecule has 5 nitrogen and oxygen atoms in total. The van der Waals surface area contributed by atoms with Crippen LogP contribution in [-0.4, -0.2) is 32.1 Å². The Morgan fingerprint density at radius 2 is 1.60 bits per heavy atom. The van der Waals surface area contributed by atoms with Crippen molar-refractivity contribution in [3.8, 4) is 22.6 Å². The fraction of sp³-hybridized carbons (Fsp3) is 0.167. The first-order chi connectivity index (χ1) is 14.7. The van der Waals surface area contributed by atoms with Gasteiger partial charge in [0.05, 0.1) is 31.4 Å². The summed E-state index contributed by atoms with van der Waals surface area (Å²) >= 11 is 1.61. The van der Waals surface area contributed by atoms with Crippen LogP contribution < -0.4 is 14.9 Å². The lowest BCUT2D eigenvalue weighted by molar-refractivity contribution is -0.118. The molecule has 3 aromatic carbocycles. The third-order valence-corrected chi connectivity index (χ3v) is 6.24. The van der Waals surface area contributed by atoms with Crippen LogP contribution in [0, 0.1) is 0 Å². The maximum atomic E-state index is 12.3. The van der Waals surface area contributed by atoms with Crippen LogP contribution in [0.5, 0.6) is 11.5 Å². The molecule has 0 spiro atoms. The largest absolute Gasteiger partial charge is 0.493 e. The number of nitrogens with one attached hydrogen (secondary N) is 1. The lowest BCUT2D eigenvalue weighted by Gasteiger charge is -2.12. The van der Waals surface area contributed by atoms with Crippen molar-refractivity contribution < 1.29 is 14.3 Å². The number of benzene rings is 3. The van der Waals surface area contributed by atoms with Gasteiger partial charge in [-0.15, -0.1) is 11.8 Å². The number of fused-ring (bicyclic) bond motifs is 3. The monoisotopic (exact) mass is 418 g/mol. The number of hydrazone groups is 1. The predicted molar refractivity (Wildman–Crippen MR) is 121 cm³/mol. The van der Waals surface area contributed by atoms with Gasteiger partial charge in [0.25, 0.3) is 0 Å². The zero-order chi connectivity index (χ0) is 20.9. The van der Waals surface area contributed by atoms with E-state index >= 15 is 0 Å². The Bertz CT molecular complexity index is 1050. The number of ether oxygens (including phenoxy) is 2. The first-order valence-electron chi connectivity index (χ1n) is 9.55. The minimum absolute atomic E-state index is 0.140. The van der Waals surface area contributed by atoms with Crippen LogP contribution in [0.15, 0.2) is 71.8 Å². The van der Waals surface area contributed by atoms with Crippen molar-refractivity contribution in [1.29, 1.82) is 0 Å².